The third-order valence-corrected chi connectivity index (χ3v) is 3.91. The van der Waals surface area contributed by atoms with Gasteiger partial charge in [0.2, 0.25) is 0 Å². The summed E-state index contributed by atoms with van der Waals surface area (Å²) in [4.78, 5) is 26.4. The zero-order chi connectivity index (χ0) is 19.6. The van der Waals surface area contributed by atoms with E-state index in [9.17, 15) is 18.0 Å². The molecule has 0 radical (unpaired) electrons. The van der Waals surface area contributed by atoms with E-state index in [0.717, 1.165) is 17.7 Å². The van der Waals surface area contributed by atoms with Crippen LogP contribution in [0.1, 0.15) is 21.6 Å². The van der Waals surface area contributed by atoms with Gasteiger partial charge in [0.05, 0.1) is 23.7 Å². The summed E-state index contributed by atoms with van der Waals surface area (Å²) in [5, 5.41) is 0. The van der Waals surface area contributed by atoms with Gasteiger partial charge in [-0.05, 0) is 30.7 Å². The first-order valence-corrected chi connectivity index (χ1v) is 7.96. The van der Waals surface area contributed by atoms with Crippen molar-refractivity contribution >= 4 is 11.7 Å². The molecule has 8 heteroatoms. The van der Waals surface area contributed by atoms with Gasteiger partial charge in [0, 0.05) is 18.8 Å². The number of benzene rings is 1. The van der Waals surface area contributed by atoms with Gasteiger partial charge < -0.3 is 0 Å². The third kappa shape index (κ3) is 4.11. The molecule has 0 N–H and O–H groups in total. The number of aromatic nitrogens is 3. The molecule has 138 valence electrons. The first kappa shape index (κ1) is 18.5. The lowest BCUT2D eigenvalue weighted by molar-refractivity contribution is -0.137. The molecule has 2 heterocycles. The fraction of sp³-hybridized carbons (Fsp3) is 0.158. The monoisotopic (exact) mass is 372 g/mol. The number of amides is 1. The van der Waals surface area contributed by atoms with Gasteiger partial charge in [-0.1, -0.05) is 18.2 Å². The first-order valence-electron chi connectivity index (χ1n) is 7.96. The van der Waals surface area contributed by atoms with Crippen molar-refractivity contribution in [3.05, 3.63) is 71.8 Å². The number of hydrogen-bond donors (Lipinski definition) is 0. The fourth-order valence-corrected chi connectivity index (χ4v) is 2.37. The maximum absolute atomic E-state index is 12.7. The van der Waals surface area contributed by atoms with E-state index in [1.165, 1.54) is 29.4 Å². The lowest BCUT2D eigenvalue weighted by Gasteiger charge is -2.16. The molecule has 0 saturated heterocycles. The van der Waals surface area contributed by atoms with E-state index in [1.807, 2.05) is 13.0 Å². The van der Waals surface area contributed by atoms with Gasteiger partial charge in [-0.25, -0.2) is 9.97 Å². The lowest BCUT2D eigenvalue weighted by Crippen LogP contribution is -2.28. The summed E-state index contributed by atoms with van der Waals surface area (Å²) >= 11 is 0. The van der Waals surface area contributed by atoms with E-state index in [2.05, 4.69) is 15.0 Å². The molecule has 2 aromatic heterocycles. The molecule has 3 aromatic rings. The van der Waals surface area contributed by atoms with Crippen molar-refractivity contribution in [2.75, 3.05) is 11.9 Å². The number of rotatable bonds is 3. The number of carbonyl (C=O) groups is 1. The highest BCUT2D eigenvalue weighted by Crippen LogP contribution is 2.30. The topological polar surface area (TPSA) is 59.0 Å². The Morgan fingerprint density at radius 3 is 2.30 bits per heavy atom. The van der Waals surface area contributed by atoms with Crippen molar-refractivity contribution in [2.24, 2.45) is 0 Å². The average molecular weight is 372 g/mol. The van der Waals surface area contributed by atoms with Gasteiger partial charge in [0.1, 0.15) is 11.5 Å². The summed E-state index contributed by atoms with van der Waals surface area (Å²) in [6.45, 7) is 1.89. The summed E-state index contributed by atoms with van der Waals surface area (Å²) in [6.07, 6.45) is -0.0701. The molecule has 0 saturated carbocycles. The molecule has 0 aliphatic heterocycles. The van der Waals surface area contributed by atoms with Gasteiger partial charge >= 0.3 is 6.18 Å². The van der Waals surface area contributed by atoms with E-state index in [1.54, 1.807) is 19.3 Å². The Bertz CT molecular complexity index is 954. The summed E-state index contributed by atoms with van der Waals surface area (Å²) in [6, 6.07) is 8.07. The van der Waals surface area contributed by atoms with E-state index in [-0.39, 0.29) is 5.69 Å². The Labute approximate surface area is 153 Å². The predicted molar refractivity (Wildman–Crippen MR) is 94.2 cm³/mol. The smallest absolute Gasteiger partial charge is 0.294 e. The molecule has 3 rings (SSSR count). The van der Waals surface area contributed by atoms with Crippen molar-refractivity contribution < 1.29 is 18.0 Å². The minimum absolute atomic E-state index is 0.0669. The van der Waals surface area contributed by atoms with Crippen molar-refractivity contribution in [1.82, 2.24) is 15.0 Å². The number of halogens is 3. The average Bonchev–Trinajstić information content (AvgIpc) is 2.67. The third-order valence-electron chi connectivity index (χ3n) is 3.91. The number of hydrogen-bond acceptors (Lipinski definition) is 4. The maximum Gasteiger partial charge on any atom is 0.416 e. The number of anilines is 1. The Balaban J connectivity index is 1.86. The Hall–Kier alpha value is -3.29. The van der Waals surface area contributed by atoms with Gasteiger partial charge in [-0.3, -0.25) is 14.7 Å². The molecular formula is C19H15F3N4O. The molecule has 0 aliphatic carbocycles. The quantitative estimate of drug-likeness (QED) is 0.693. The highest BCUT2D eigenvalue weighted by Gasteiger charge is 2.30. The summed E-state index contributed by atoms with van der Waals surface area (Å²) < 4.78 is 38.0. The van der Waals surface area contributed by atoms with E-state index >= 15 is 0 Å². The summed E-state index contributed by atoms with van der Waals surface area (Å²) in [5.74, 6) is 0.0277. The van der Waals surface area contributed by atoms with Gasteiger partial charge in [0.25, 0.3) is 5.91 Å². The van der Waals surface area contributed by atoms with E-state index in [4.69, 9.17) is 0 Å². The highest BCUT2D eigenvalue weighted by molar-refractivity contribution is 6.03. The normalized spacial score (nSPS) is 11.3. The molecule has 0 bridgehead atoms. The van der Waals surface area contributed by atoms with Crippen LogP contribution in [0.15, 0.2) is 55.0 Å². The van der Waals surface area contributed by atoms with Gasteiger partial charge in [-0.15, -0.1) is 0 Å². The van der Waals surface area contributed by atoms with Crippen LogP contribution in [-0.4, -0.2) is 27.9 Å². The second kappa shape index (κ2) is 7.14. The van der Waals surface area contributed by atoms with Crippen LogP contribution in [0.3, 0.4) is 0 Å². The van der Waals surface area contributed by atoms with Gasteiger partial charge in [-0.2, -0.15) is 13.2 Å². The molecule has 0 unspecified atom stereocenters. The number of aryl methyl sites for hydroxylation is 1. The van der Waals surface area contributed by atoms with Crippen molar-refractivity contribution in [3.63, 3.8) is 0 Å². The number of alkyl halides is 3. The van der Waals surface area contributed by atoms with Crippen LogP contribution in [0.2, 0.25) is 0 Å². The second-order valence-electron chi connectivity index (χ2n) is 5.92. The van der Waals surface area contributed by atoms with Crippen LogP contribution >= 0.6 is 0 Å². The number of pyridine rings is 1. The van der Waals surface area contributed by atoms with Crippen molar-refractivity contribution in [3.8, 4) is 11.3 Å². The van der Waals surface area contributed by atoms with E-state index in [0.29, 0.717) is 17.1 Å². The molecule has 1 aromatic carbocycles. The molecule has 0 spiro atoms. The molecular weight excluding hydrogens is 357 g/mol. The lowest BCUT2D eigenvalue weighted by atomic mass is 10.1. The molecule has 1 amide bonds. The molecule has 0 atom stereocenters. The number of carbonyl (C=O) groups excluding carboxylic acids is 1. The number of nitrogens with zero attached hydrogens (tertiary/aromatic N) is 4. The van der Waals surface area contributed by atoms with E-state index < -0.39 is 17.6 Å². The Morgan fingerprint density at radius 1 is 1.00 bits per heavy atom. The predicted octanol–water partition coefficient (Wildman–Crippen LogP) is 4.14. The first-order chi connectivity index (χ1) is 12.8. The fourth-order valence-electron chi connectivity index (χ4n) is 2.37. The summed E-state index contributed by atoms with van der Waals surface area (Å²) in [5.41, 5.74) is 1.01. The van der Waals surface area contributed by atoms with Crippen molar-refractivity contribution in [2.45, 2.75) is 13.1 Å². The molecule has 0 aliphatic rings. The highest BCUT2D eigenvalue weighted by atomic mass is 19.4. The van der Waals surface area contributed by atoms with Crippen LogP contribution in [0.4, 0.5) is 19.0 Å². The molecule has 5 nitrogen and oxygen atoms in total. The molecule has 0 fully saturated rings. The minimum atomic E-state index is -4.41. The largest absolute Gasteiger partial charge is 0.416 e. The van der Waals surface area contributed by atoms with Crippen LogP contribution in [0, 0.1) is 6.92 Å². The van der Waals surface area contributed by atoms with Crippen LogP contribution in [-0.2, 0) is 6.18 Å². The second-order valence-corrected chi connectivity index (χ2v) is 5.92. The summed E-state index contributed by atoms with van der Waals surface area (Å²) in [7, 11) is 1.56. The SMILES string of the molecule is Cc1ccc(N(C)C(=O)c2cncc(-c3ccc(C(F)(F)F)cc3)n2)nc1. The zero-order valence-corrected chi connectivity index (χ0v) is 14.5. The van der Waals surface area contributed by atoms with Crippen LogP contribution < -0.4 is 4.90 Å². The van der Waals surface area contributed by atoms with Crippen LogP contribution in [0.5, 0.6) is 0 Å². The maximum atomic E-state index is 12.7. The minimum Gasteiger partial charge on any atom is -0.294 e. The Kier molecular flexibility index (Phi) is 4.89. The standard InChI is InChI=1S/C19H15F3N4O/c1-12-3-8-17(24-9-12)26(2)18(27)16-11-23-10-15(25-16)13-4-6-14(7-5-13)19(20,21)22/h3-11H,1-2H3. The zero-order valence-electron chi connectivity index (χ0n) is 14.5. The van der Waals surface area contributed by atoms with Crippen molar-refractivity contribution in [1.29, 1.82) is 0 Å². The van der Waals surface area contributed by atoms with Crippen LogP contribution in [0.25, 0.3) is 11.3 Å². The molecule has 27 heavy (non-hydrogen) atoms. The Morgan fingerprint density at radius 2 is 1.70 bits per heavy atom. The van der Waals surface area contributed by atoms with Gasteiger partial charge in [0.15, 0.2) is 0 Å².